The first-order chi connectivity index (χ1) is 11.4. The molecule has 24 heavy (non-hydrogen) atoms. The molecule has 0 unspecified atom stereocenters. The molecule has 1 aromatic heterocycles. The van der Waals surface area contributed by atoms with Gasteiger partial charge in [0.1, 0.15) is 11.3 Å². The minimum Gasteiger partial charge on any atom is -0.507 e. The van der Waals surface area contributed by atoms with Gasteiger partial charge in [0.2, 0.25) is 0 Å². The van der Waals surface area contributed by atoms with Gasteiger partial charge in [-0.15, -0.1) is 0 Å². The second kappa shape index (κ2) is 5.69. The summed E-state index contributed by atoms with van der Waals surface area (Å²) < 4.78 is 2.05. The molecule has 1 amide bonds. The van der Waals surface area contributed by atoms with Gasteiger partial charge in [-0.05, 0) is 12.1 Å². The van der Waals surface area contributed by atoms with Gasteiger partial charge >= 0.3 is 5.69 Å². The summed E-state index contributed by atoms with van der Waals surface area (Å²) in [6, 6.07) is 10.1. The van der Waals surface area contributed by atoms with Gasteiger partial charge in [0.15, 0.2) is 0 Å². The summed E-state index contributed by atoms with van der Waals surface area (Å²) in [7, 11) is 2.78. The van der Waals surface area contributed by atoms with E-state index in [9.17, 15) is 19.5 Å². The summed E-state index contributed by atoms with van der Waals surface area (Å²) in [5.74, 6) is -0.524. The number of anilines is 1. The summed E-state index contributed by atoms with van der Waals surface area (Å²) in [4.78, 5) is 36.3. The SMILES string of the molecule is Cn1cc(C(=O)Nc2cccc3c(O)cccc23)c(=O)n(C)c1=O. The summed E-state index contributed by atoms with van der Waals surface area (Å²) in [5.41, 5.74) is -0.855. The Hall–Kier alpha value is -3.35. The summed E-state index contributed by atoms with van der Waals surface area (Å²) in [6.07, 6.45) is 1.21. The fourth-order valence-electron chi connectivity index (χ4n) is 2.56. The number of nitrogens with zero attached hydrogens (tertiary/aromatic N) is 2. The fraction of sp³-hybridized carbons (Fsp3) is 0.118. The number of amides is 1. The number of aryl methyl sites for hydroxylation is 1. The number of benzene rings is 2. The summed E-state index contributed by atoms with van der Waals surface area (Å²) in [5, 5.41) is 13.8. The zero-order valence-corrected chi connectivity index (χ0v) is 13.1. The van der Waals surface area contributed by atoms with Crippen molar-refractivity contribution in [3.8, 4) is 5.75 Å². The Morgan fingerprint density at radius 3 is 2.46 bits per heavy atom. The Morgan fingerprint density at radius 1 is 1.04 bits per heavy atom. The Morgan fingerprint density at radius 2 is 1.71 bits per heavy atom. The average molecular weight is 325 g/mol. The van der Waals surface area contributed by atoms with E-state index in [1.165, 1.54) is 24.9 Å². The van der Waals surface area contributed by atoms with Crippen molar-refractivity contribution in [2.75, 3.05) is 5.32 Å². The molecule has 0 aliphatic carbocycles. The highest BCUT2D eigenvalue weighted by Gasteiger charge is 2.16. The number of hydrogen-bond donors (Lipinski definition) is 2. The third-order valence-corrected chi connectivity index (χ3v) is 3.84. The van der Waals surface area contributed by atoms with E-state index >= 15 is 0 Å². The van der Waals surface area contributed by atoms with Gasteiger partial charge in [-0.25, -0.2) is 4.79 Å². The molecule has 0 fully saturated rings. The van der Waals surface area contributed by atoms with Crippen molar-refractivity contribution in [2.24, 2.45) is 14.1 Å². The predicted octanol–water partition coefficient (Wildman–Crippen LogP) is 1.20. The highest BCUT2D eigenvalue weighted by Crippen LogP contribution is 2.29. The van der Waals surface area contributed by atoms with Crippen LogP contribution >= 0.6 is 0 Å². The molecule has 0 aliphatic rings. The lowest BCUT2D eigenvalue weighted by atomic mass is 10.1. The van der Waals surface area contributed by atoms with Crippen molar-refractivity contribution in [1.29, 1.82) is 0 Å². The molecule has 0 atom stereocenters. The van der Waals surface area contributed by atoms with Crippen molar-refractivity contribution >= 4 is 22.4 Å². The first kappa shape index (κ1) is 15.5. The molecule has 0 aliphatic heterocycles. The number of fused-ring (bicyclic) bond motifs is 1. The van der Waals surface area contributed by atoms with E-state index in [1.54, 1.807) is 36.4 Å². The number of carbonyl (C=O) groups is 1. The molecule has 0 spiro atoms. The molecular weight excluding hydrogens is 310 g/mol. The number of hydrogen-bond acceptors (Lipinski definition) is 4. The third-order valence-electron chi connectivity index (χ3n) is 3.84. The number of phenols is 1. The van der Waals surface area contributed by atoms with Crippen molar-refractivity contribution < 1.29 is 9.90 Å². The lowest BCUT2D eigenvalue weighted by Gasteiger charge is -2.10. The van der Waals surface area contributed by atoms with Crippen LogP contribution in [0.15, 0.2) is 52.2 Å². The normalized spacial score (nSPS) is 10.8. The maximum Gasteiger partial charge on any atom is 0.330 e. The fourth-order valence-corrected chi connectivity index (χ4v) is 2.56. The van der Waals surface area contributed by atoms with E-state index in [-0.39, 0.29) is 11.3 Å². The quantitative estimate of drug-likeness (QED) is 0.740. The lowest BCUT2D eigenvalue weighted by Crippen LogP contribution is -2.40. The average Bonchev–Trinajstić information content (AvgIpc) is 2.57. The lowest BCUT2D eigenvalue weighted by molar-refractivity contribution is 0.102. The van der Waals surface area contributed by atoms with Crippen LogP contribution in [0.1, 0.15) is 10.4 Å². The van der Waals surface area contributed by atoms with Crippen molar-refractivity contribution in [2.45, 2.75) is 0 Å². The molecule has 0 saturated carbocycles. The Kier molecular flexibility index (Phi) is 3.69. The Bertz CT molecular complexity index is 1080. The second-order valence-corrected chi connectivity index (χ2v) is 5.43. The van der Waals surface area contributed by atoms with E-state index in [0.29, 0.717) is 16.5 Å². The van der Waals surface area contributed by atoms with Gasteiger partial charge < -0.3 is 15.0 Å². The van der Waals surface area contributed by atoms with Gasteiger partial charge in [-0.3, -0.25) is 14.2 Å². The van der Waals surface area contributed by atoms with E-state index in [4.69, 9.17) is 0 Å². The van der Waals surface area contributed by atoms with Crippen molar-refractivity contribution in [3.63, 3.8) is 0 Å². The third kappa shape index (κ3) is 2.45. The number of carbonyl (C=O) groups excluding carboxylic acids is 1. The molecule has 3 aromatic rings. The maximum absolute atomic E-state index is 12.5. The zero-order valence-electron chi connectivity index (χ0n) is 13.1. The standard InChI is InChI=1S/C17H15N3O4/c1-19-9-12(16(23)20(2)17(19)24)15(22)18-13-7-3-6-11-10(13)5-4-8-14(11)21/h3-9,21H,1-2H3,(H,18,22). The highest BCUT2D eigenvalue weighted by molar-refractivity contribution is 6.09. The minimum absolute atomic E-state index is 0.0987. The topological polar surface area (TPSA) is 93.3 Å². The van der Waals surface area contributed by atoms with Crippen LogP contribution in [-0.2, 0) is 14.1 Å². The molecule has 0 saturated heterocycles. The first-order valence-corrected chi connectivity index (χ1v) is 7.19. The van der Waals surface area contributed by atoms with Gasteiger partial charge in [0.05, 0.1) is 0 Å². The molecule has 0 radical (unpaired) electrons. The van der Waals surface area contributed by atoms with E-state index in [2.05, 4.69) is 5.32 Å². The van der Waals surface area contributed by atoms with Crippen LogP contribution in [0.3, 0.4) is 0 Å². The smallest absolute Gasteiger partial charge is 0.330 e. The molecule has 1 heterocycles. The Balaban J connectivity index is 2.08. The summed E-state index contributed by atoms with van der Waals surface area (Å²) >= 11 is 0. The molecule has 2 N–H and O–H groups in total. The highest BCUT2D eigenvalue weighted by atomic mass is 16.3. The van der Waals surface area contributed by atoms with E-state index < -0.39 is 17.2 Å². The van der Waals surface area contributed by atoms with Crippen LogP contribution < -0.4 is 16.6 Å². The number of rotatable bonds is 2. The molecule has 7 nitrogen and oxygen atoms in total. The first-order valence-electron chi connectivity index (χ1n) is 7.19. The monoisotopic (exact) mass is 325 g/mol. The summed E-state index contributed by atoms with van der Waals surface area (Å²) in [6.45, 7) is 0. The van der Waals surface area contributed by atoms with Crippen LogP contribution in [0.5, 0.6) is 5.75 Å². The molecular formula is C17H15N3O4. The van der Waals surface area contributed by atoms with Crippen LogP contribution in [0.25, 0.3) is 10.8 Å². The van der Waals surface area contributed by atoms with Gasteiger partial charge in [-0.1, -0.05) is 24.3 Å². The molecule has 3 rings (SSSR count). The van der Waals surface area contributed by atoms with E-state index in [1.807, 2.05) is 0 Å². The molecule has 7 heteroatoms. The molecule has 2 aromatic carbocycles. The van der Waals surface area contributed by atoms with Gasteiger partial charge in [-0.2, -0.15) is 0 Å². The largest absolute Gasteiger partial charge is 0.507 e. The van der Waals surface area contributed by atoms with Crippen molar-refractivity contribution in [1.82, 2.24) is 9.13 Å². The van der Waals surface area contributed by atoms with Gasteiger partial charge in [0, 0.05) is 36.8 Å². The van der Waals surface area contributed by atoms with Crippen molar-refractivity contribution in [3.05, 3.63) is 69.0 Å². The zero-order chi connectivity index (χ0) is 17.4. The van der Waals surface area contributed by atoms with Crippen LogP contribution in [0.4, 0.5) is 5.69 Å². The number of nitrogens with one attached hydrogen (secondary N) is 1. The Labute approximate surface area is 136 Å². The van der Waals surface area contributed by atoms with Crippen LogP contribution in [0, 0.1) is 0 Å². The second-order valence-electron chi connectivity index (χ2n) is 5.43. The number of aromatic hydroxyl groups is 1. The molecule has 122 valence electrons. The maximum atomic E-state index is 12.5. The minimum atomic E-state index is -0.668. The number of aromatic nitrogens is 2. The van der Waals surface area contributed by atoms with Gasteiger partial charge in [0.25, 0.3) is 11.5 Å². The predicted molar refractivity (Wildman–Crippen MR) is 90.5 cm³/mol. The molecule has 0 bridgehead atoms. The van der Waals surface area contributed by atoms with Crippen LogP contribution in [0.2, 0.25) is 0 Å². The number of phenolic OH excluding ortho intramolecular Hbond substituents is 1. The van der Waals surface area contributed by atoms with E-state index in [0.717, 1.165) is 4.57 Å². The van der Waals surface area contributed by atoms with Crippen LogP contribution in [-0.4, -0.2) is 20.1 Å².